The molecule has 0 saturated carbocycles. The molecule has 0 radical (unpaired) electrons. The summed E-state index contributed by atoms with van der Waals surface area (Å²) in [6.45, 7) is 1.04. The number of rotatable bonds is 4. The van der Waals surface area contributed by atoms with Crippen LogP contribution < -0.4 is 5.73 Å². The molecule has 1 aromatic carbocycles. The van der Waals surface area contributed by atoms with E-state index >= 15 is 0 Å². The van der Waals surface area contributed by atoms with Crippen LogP contribution in [-0.4, -0.2) is 32.1 Å². The van der Waals surface area contributed by atoms with Crippen LogP contribution >= 0.6 is 15.9 Å². The van der Waals surface area contributed by atoms with Gasteiger partial charge in [0.05, 0.1) is 6.26 Å². The number of nitrogens with two attached hydrogens (primary N) is 1. The van der Waals surface area contributed by atoms with Gasteiger partial charge in [0.1, 0.15) is 5.82 Å². The second kappa shape index (κ2) is 6.73. The number of hydrogen-bond donors (Lipinski definition) is 1. The first-order valence-electron chi connectivity index (χ1n) is 6.93. The van der Waals surface area contributed by atoms with Gasteiger partial charge >= 0.3 is 0 Å². The van der Waals surface area contributed by atoms with E-state index in [2.05, 4.69) is 15.9 Å². The molecule has 2 N–H and O–H groups in total. The summed E-state index contributed by atoms with van der Waals surface area (Å²) in [5, 5.41) is 0. The second-order valence-electron chi connectivity index (χ2n) is 5.64. The number of hydrogen-bond acceptors (Lipinski definition) is 3. The van der Waals surface area contributed by atoms with Gasteiger partial charge in [0.25, 0.3) is 0 Å². The molecule has 21 heavy (non-hydrogen) atoms. The molecule has 0 aliphatic carbocycles. The molecule has 1 saturated heterocycles. The predicted molar refractivity (Wildman–Crippen MR) is 84.8 cm³/mol. The molecule has 0 aromatic heterocycles. The van der Waals surface area contributed by atoms with Crippen molar-refractivity contribution in [2.75, 3.05) is 19.3 Å². The lowest BCUT2D eigenvalue weighted by molar-refractivity contribution is 0.246. The Kier molecular flexibility index (Phi) is 5.40. The van der Waals surface area contributed by atoms with Crippen LogP contribution in [0.4, 0.5) is 4.39 Å². The van der Waals surface area contributed by atoms with Gasteiger partial charge in [0.2, 0.25) is 10.0 Å². The van der Waals surface area contributed by atoms with Gasteiger partial charge in [-0.25, -0.2) is 17.1 Å². The Hall–Kier alpha value is -0.500. The lowest BCUT2D eigenvalue weighted by Gasteiger charge is -2.32. The Labute approximate surface area is 133 Å². The molecule has 0 spiro atoms. The largest absolute Gasteiger partial charge is 0.324 e. The molecule has 1 aliphatic heterocycles. The van der Waals surface area contributed by atoms with Crippen LogP contribution in [0, 0.1) is 11.7 Å². The lowest BCUT2D eigenvalue weighted by Crippen LogP contribution is -2.40. The highest BCUT2D eigenvalue weighted by Gasteiger charge is 2.27. The maximum atomic E-state index is 13.8. The van der Waals surface area contributed by atoms with Gasteiger partial charge < -0.3 is 5.73 Å². The van der Waals surface area contributed by atoms with Crippen LogP contribution in [0.25, 0.3) is 0 Å². The highest BCUT2D eigenvalue weighted by Crippen LogP contribution is 2.29. The molecule has 2 rings (SSSR count). The Bertz CT molecular complexity index is 609. The van der Waals surface area contributed by atoms with E-state index < -0.39 is 16.1 Å². The van der Waals surface area contributed by atoms with Crippen molar-refractivity contribution in [3.05, 3.63) is 34.1 Å². The minimum Gasteiger partial charge on any atom is -0.324 e. The third-order valence-electron chi connectivity index (χ3n) is 3.90. The topological polar surface area (TPSA) is 63.4 Å². The average molecular weight is 379 g/mol. The summed E-state index contributed by atoms with van der Waals surface area (Å²) >= 11 is 3.32. The van der Waals surface area contributed by atoms with Crippen LogP contribution in [0.1, 0.15) is 30.9 Å². The summed E-state index contributed by atoms with van der Waals surface area (Å²) in [6, 6.07) is 4.30. The summed E-state index contributed by atoms with van der Waals surface area (Å²) in [7, 11) is -3.16. The maximum Gasteiger partial charge on any atom is 0.211 e. The van der Waals surface area contributed by atoms with Gasteiger partial charge in [0.15, 0.2) is 0 Å². The van der Waals surface area contributed by atoms with E-state index in [0.29, 0.717) is 25.1 Å². The summed E-state index contributed by atoms with van der Waals surface area (Å²) in [6.07, 6.45) is 3.56. The highest BCUT2D eigenvalue weighted by atomic mass is 79.9. The molecule has 1 aromatic rings. The van der Waals surface area contributed by atoms with Crippen LogP contribution in [0.2, 0.25) is 0 Å². The molecule has 2 unspecified atom stereocenters. The van der Waals surface area contributed by atoms with Crippen molar-refractivity contribution >= 4 is 26.0 Å². The van der Waals surface area contributed by atoms with E-state index in [-0.39, 0.29) is 11.7 Å². The molecule has 7 heteroatoms. The molecule has 1 heterocycles. The SMILES string of the molecule is CS(=O)(=O)N1CCCC(CC(N)c2cc(Br)ccc2F)C1. The Morgan fingerprint density at radius 2 is 2.24 bits per heavy atom. The quantitative estimate of drug-likeness (QED) is 0.875. The zero-order chi connectivity index (χ0) is 15.6. The Morgan fingerprint density at radius 1 is 1.52 bits per heavy atom. The molecular formula is C14H20BrFN2O2S. The standard InChI is InChI=1S/C14H20BrFN2O2S/c1-21(19,20)18-6-2-3-10(9-18)7-14(17)12-8-11(15)4-5-13(12)16/h4-5,8,10,14H,2-3,6-7,9,17H2,1H3. The third kappa shape index (κ3) is 4.48. The zero-order valence-corrected chi connectivity index (χ0v) is 14.3. The van der Waals surface area contributed by atoms with E-state index in [1.807, 2.05) is 0 Å². The summed E-state index contributed by atoms with van der Waals surface area (Å²) < 4.78 is 39.3. The predicted octanol–water partition coefficient (Wildman–Crippen LogP) is 2.65. The van der Waals surface area contributed by atoms with Crippen molar-refractivity contribution in [3.63, 3.8) is 0 Å². The minimum absolute atomic E-state index is 0.168. The van der Waals surface area contributed by atoms with E-state index in [9.17, 15) is 12.8 Å². The van der Waals surface area contributed by atoms with Gasteiger partial charge in [0, 0.05) is 29.2 Å². The molecule has 1 fully saturated rings. The fourth-order valence-electron chi connectivity index (χ4n) is 2.81. The van der Waals surface area contributed by atoms with Gasteiger partial charge in [-0.15, -0.1) is 0 Å². The van der Waals surface area contributed by atoms with E-state index in [0.717, 1.165) is 17.3 Å². The van der Waals surface area contributed by atoms with E-state index in [1.54, 1.807) is 12.1 Å². The second-order valence-corrected chi connectivity index (χ2v) is 8.54. The number of benzene rings is 1. The van der Waals surface area contributed by atoms with Crippen LogP contribution in [0.3, 0.4) is 0 Å². The molecule has 1 aliphatic rings. The smallest absolute Gasteiger partial charge is 0.211 e. The maximum absolute atomic E-state index is 13.8. The Balaban J connectivity index is 2.05. The average Bonchev–Trinajstić information content (AvgIpc) is 2.41. The summed E-state index contributed by atoms with van der Waals surface area (Å²) in [4.78, 5) is 0. The van der Waals surface area contributed by atoms with Crippen molar-refractivity contribution in [2.24, 2.45) is 11.7 Å². The van der Waals surface area contributed by atoms with Crippen molar-refractivity contribution in [2.45, 2.75) is 25.3 Å². The molecule has 0 amide bonds. The third-order valence-corrected chi connectivity index (χ3v) is 5.66. The van der Waals surface area contributed by atoms with Gasteiger partial charge in [-0.3, -0.25) is 0 Å². The first-order chi connectivity index (χ1) is 9.77. The summed E-state index contributed by atoms with van der Waals surface area (Å²) in [5.41, 5.74) is 6.59. The van der Waals surface area contributed by atoms with Gasteiger partial charge in [-0.1, -0.05) is 15.9 Å². The Morgan fingerprint density at radius 3 is 2.90 bits per heavy atom. The van der Waals surface area contributed by atoms with Gasteiger partial charge in [-0.05, 0) is 43.4 Å². The van der Waals surface area contributed by atoms with E-state index in [4.69, 9.17) is 5.73 Å². The zero-order valence-electron chi connectivity index (χ0n) is 11.9. The molecule has 0 bridgehead atoms. The van der Waals surface area contributed by atoms with Gasteiger partial charge in [-0.2, -0.15) is 0 Å². The first-order valence-corrected chi connectivity index (χ1v) is 9.57. The fraction of sp³-hybridized carbons (Fsp3) is 0.571. The molecule has 2 atom stereocenters. The van der Waals surface area contributed by atoms with Crippen LogP contribution in [0.15, 0.2) is 22.7 Å². The minimum atomic E-state index is -3.16. The van der Waals surface area contributed by atoms with Crippen molar-refractivity contribution in [1.29, 1.82) is 0 Å². The number of nitrogens with zero attached hydrogens (tertiary/aromatic N) is 1. The van der Waals surface area contributed by atoms with E-state index in [1.165, 1.54) is 16.6 Å². The number of sulfonamides is 1. The molecule has 4 nitrogen and oxygen atoms in total. The summed E-state index contributed by atoms with van der Waals surface area (Å²) in [5.74, 6) is -0.150. The monoisotopic (exact) mass is 378 g/mol. The number of halogens is 2. The first kappa shape index (κ1) is 16.9. The van der Waals surface area contributed by atoms with Crippen molar-refractivity contribution < 1.29 is 12.8 Å². The fourth-order valence-corrected chi connectivity index (χ4v) is 4.13. The lowest BCUT2D eigenvalue weighted by atomic mass is 9.90. The highest BCUT2D eigenvalue weighted by molar-refractivity contribution is 9.10. The van der Waals surface area contributed by atoms with Crippen molar-refractivity contribution in [3.8, 4) is 0 Å². The van der Waals surface area contributed by atoms with Crippen molar-refractivity contribution in [1.82, 2.24) is 4.31 Å². The van der Waals surface area contributed by atoms with Crippen LogP contribution in [-0.2, 0) is 10.0 Å². The molecular weight excluding hydrogens is 359 g/mol. The van der Waals surface area contributed by atoms with Crippen LogP contribution in [0.5, 0.6) is 0 Å². The number of piperidine rings is 1. The normalized spacial score (nSPS) is 22.2. The molecule has 118 valence electrons.